The van der Waals surface area contributed by atoms with Crippen LogP contribution in [0.4, 0.5) is 4.79 Å². The van der Waals surface area contributed by atoms with E-state index in [4.69, 9.17) is 32.5 Å². The first kappa shape index (κ1) is 29.5. The molecule has 0 saturated heterocycles. The molecule has 0 amide bonds. The van der Waals surface area contributed by atoms with E-state index < -0.39 is 16.6 Å². The molecule has 0 aromatic rings. The maximum atomic E-state index is 8.52. The Labute approximate surface area is 170 Å². The third kappa shape index (κ3) is 193. The van der Waals surface area contributed by atoms with Gasteiger partial charge in [0, 0.05) is 10.4 Å². The number of carboxylic acid groups (broad SMARTS) is 2. The minimum atomic E-state index is -5.17. The molecule has 11 heteroatoms. The number of hydrogen-bond donors (Lipinski definition) is 0. The van der Waals surface area contributed by atoms with Crippen LogP contribution in [0.2, 0.25) is 0 Å². The van der Waals surface area contributed by atoms with Gasteiger partial charge in [-0.25, -0.2) is 0 Å². The van der Waals surface area contributed by atoms with Crippen molar-refractivity contribution in [2.75, 3.05) is 0 Å². The van der Waals surface area contributed by atoms with E-state index in [2.05, 4.69) is 0 Å². The molecule has 12 heavy (non-hydrogen) atoms. The average molecular weight is 259 g/mol. The first-order valence-corrected chi connectivity index (χ1v) is 2.61. The van der Waals surface area contributed by atoms with Gasteiger partial charge in [0.25, 0.3) is 0 Å². The van der Waals surface area contributed by atoms with Crippen molar-refractivity contribution in [3.05, 3.63) is 0 Å². The fourth-order valence-electron chi connectivity index (χ4n) is 0. The predicted molar refractivity (Wildman–Crippen MR) is 21.6 cm³/mol. The van der Waals surface area contributed by atoms with Gasteiger partial charge in [-0.3, -0.25) is 8.42 Å². The van der Waals surface area contributed by atoms with E-state index in [1.54, 1.807) is 0 Å². The van der Waals surface area contributed by atoms with Crippen LogP contribution in [-0.4, -0.2) is 46.7 Å². The SMILES string of the molecule is O=C([O-])[O-].O=S(=O)([O-])[O-].[K+].[K+].[Mg+2]. The van der Waals surface area contributed by atoms with Gasteiger partial charge >= 0.3 is 126 Å². The van der Waals surface area contributed by atoms with Crippen LogP contribution in [0.15, 0.2) is 0 Å². The molecule has 7 nitrogen and oxygen atoms in total. The molecular weight excluding hydrogens is 259 g/mol. The Hall–Kier alpha value is 3.18. The monoisotopic (exact) mass is 258 g/mol. The number of hydrogen-bond acceptors (Lipinski definition) is 7. The molecule has 0 N–H and O–H groups in total. The van der Waals surface area contributed by atoms with Gasteiger partial charge in [0.05, 0.1) is 0 Å². The second kappa shape index (κ2) is 16.6. The van der Waals surface area contributed by atoms with Crippen LogP contribution in [0, 0.1) is 0 Å². The third-order valence-electron chi connectivity index (χ3n) is 0. The van der Waals surface area contributed by atoms with Crippen LogP contribution in [-0.2, 0) is 10.4 Å². The summed E-state index contributed by atoms with van der Waals surface area (Å²) in [6.07, 6.45) is -2.33. The van der Waals surface area contributed by atoms with Gasteiger partial charge in [0.2, 0.25) is 0 Å². The molecule has 0 aromatic carbocycles. The molecule has 0 radical (unpaired) electrons. The van der Waals surface area contributed by atoms with Gasteiger partial charge < -0.3 is 24.1 Å². The van der Waals surface area contributed by atoms with Crippen LogP contribution < -0.4 is 113 Å². The fourth-order valence-corrected chi connectivity index (χ4v) is 0. The van der Waals surface area contributed by atoms with Crippen molar-refractivity contribution in [3.8, 4) is 0 Å². The zero-order chi connectivity index (χ0) is 8.08. The van der Waals surface area contributed by atoms with Crippen molar-refractivity contribution in [1.29, 1.82) is 0 Å². The van der Waals surface area contributed by atoms with Gasteiger partial charge in [-0.05, 0) is 6.16 Å². The fraction of sp³-hybridized carbons (Fsp3) is 0. The maximum absolute atomic E-state index is 8.52. The Kier molecular flexibility index (Phi) is 40.8. The molecule has 0 atom stereocenters. The molecule has 0 aliphatic carbocycles. The van der Waals surface area contributed by atoms with Gasteiger partial charge in [0.1, 0.15) is 0 Å². The van der Waals surface area contributed by atoms with E-state index in [9.17, 15) is 0 Å². The summed E-state index contributed by atoms with van der Waals surface area (Å²) in [4.78, 5) is 8.33. The Morgan fingerprint density at radius 2 is 1.00 bits per heavy atom. The summed E-state index contributed by atoms with van der Waals surface area (Å²) in [6.45, 7) is 0. The van der Waals surface area contributed by atoms with Crippen LogP contribution in [0.1, 0.15) is 0 Å². The van der Waals surface area contributed by atoms with Crippen LogP contribution in [0.25, 0.3) is 0 Å². The van der Waals surface area contributed by atoms with Crippen molar-refractivity contribution < 1.29 is 135 Å². The number of carbonyl (C=O) groups is 1. The summed E-state index contributed by atoms with van der Waals surface area (Å²) in [5.41, 5.74) is 0. The van der Waals surface area contributed by atoms with Crippen molar-refractivity contribution >= 4 is 39.6 Å². The summed E-state index contributed by atoms with van der Waals surface area (Å²) in [5, 5.41) is 16.7. The van der Waals surface area contributed by atoms with Gasteiger partial charge in [-0.2, -0.15) is 0 Å². The normalized spacial score (nSPS) is 6.83. The maximum Gasteiger partial charge on any atom is 2.00 e. The summed E-state index contributed by atoms with van der Waals surface area (Å²) in [7, 11) is -5.17. The van der Waals surface area contributed by atoms with Gasteiger partial charge in [-0.1, -0.05) is 0 Å². The van der Waals surface area contributed by atoms with Crippen molar-refractivity contribution in [1.82, 2.24) is 0 Å². The third-order valence-corrected chi connectivity index (χ3v) is 0. The van der Waals surface area contributed by atoms with Crippen molar-refractivity contribution in [3.63, 3.8) is 0 Å². The molecule has 0 saturated carbocycles. The van der Waals surface area contributed by atoms with Crippen LogP contribution >= 0.6 is 0 Å². The van der Waals surface area contributed by atoms with E-state index in [0.717, 1.165) is 0 Å². The van der Waals surface area contributed by atoms with Gasteiger partial charge in [-0.15, -0.1) is 0 Å². The minimum Gasteiger partial charge on any atom is -0.759 e. The largest absolute Gasteiger partial charge is 2.00 e. The van der Waals surface area contributed by atoms with Gasteiger partial charge in [0.15, 0.2) is 0 Å². The molecule has 0 unspecified atom stereocenters. The molecule has 56 valence electrons. The number of carbonyl (C=O) groups excluding carboxylic acids is 1. The quantitative estimate of drug-likeness (QED) is 0.238. The first-order chi connectivity index (χ1) is 3.73. The Balaban J connectivity index is -0.0000000221. The Morgan fingerprint density at radius 3 is 1.00 bits per heavy atom. The number of rotatable bonds is 0. The molecule has 0 rings (SSSR count). The zero-order valence-corrected chi connectivity index (χ0v) is 15.0. The predicted octanol–water partition coefficient (Wildman–Crippen LogP) is -10.2. The summed E-state index contributed by atoms with van der Waals surface area (Å²) in [6, 6.07) is 0. The standard InChI is InChI=1S/CH2O3.2K.Mg.H2O4S/c2-1(3)4;;;;1-5(2,3)4/h(H2,2,3,4);;;;(H2,1,2,3,4)/q;2*+1;+2;/p-4. The first-order valence-electron chi connectivity index (χ1n) is 1.28. The molecule has 0 aliphatic rings. The Bertz CT molecular complexity index is 164. The van der Waals surface area contributed by atoms with Crippen LogP contribution in [0.5, 0.6) is 0 Å². The summed E-state index contributed by atoms with van der Waals surface area (Å²) < 4.78 is 34.1. The van der Waals surface area contributed by atoms with E-state index in [0.29, 0.717) is 0 Å². The zero-order valence-electron chi connectivity index (χ0n) is 6.47. The minimum absolute atomic E-state index is 0. The molecular formula is CK2MgO7S. The van der Waals surface area contributed by atoms with Crippen molar-refractivity contribution in [2.24, 2.45) is 0 Å². The summed E-state index contributed by atoms with van der Waals surface area (Å²) in [5.74, 6) is 0. The van der Waals surface area contributed by atoms with E-state index in [-0.39, 0.29) is 126 Å². The molecule has 0 fully saturated rings. The Morgan fingerprint density at radius 1 is 1.00 bits per heavy atom. The second-order valence-electron chi connectivity index (χ2n) is 0.658. The van der Waals surface area contributed by atoms with E-state index >= 15 is 0 Å². The van der Waals surface area contributed by atoms with Crippen molar-refractivity contribution in [2.45, 2.75) is 0 Å². The van der Waals surface area contributed by atoms with E-state index in [1.807, 2.05) is 0 Å². The summed E-state index contributed by atoms with van der Waals surface area (Å²) >= 11 is 0. The average Bonchev–Trinajstić information content (AvgIpc) is 1.19. The molecule has 0 aromatic heterocycles. The topological polar surface area (TPSA) is 143 Å². The second-order valence-corrected chi connectivity index (χ2v) is 1.47. The van der Waals surface area contributed by atoms with Crippen LogP contribution in [0.3, 0.4) is 0 Å². The molecule has 0 bridgehead atoms. The molecule has 0 spiro atoms. The molecule has 0 heterocycles. The van der Waals surface area contributed by atoms with E-state index in [1.165, 1.54) is 0 Å². The smallest absolute Gasteiger partial charge is 0.759 e. The molecule has 0 aliphatic heterocycles.